The molecule has 0 aliphatic heterocycles. The number of anilines is 1. The Balaban J connectivity index is 0. The molecule has 1 atom stereocenters. The van der Waals surface area contributed by atoms with E-state index in [-0.39, 0.29) is 0 Å². The maximum atomic E-state index is 10.5. The van der Waals surface area contributed by atoms with Crippen LogP contribution in [0.15, 0.2) is 36.5 Å². The molecule has 0 aliphatic rings. The monoisotopic (exact) mass is 425 g/mol. The van der Waals surface area contributed by atoms with Crippen molar-refractivity contribution >= 4 is 23.1 Å². The van der Waals surface area contributed by atoms with Gasteiger partial charge >= 0.3 is 5.97 Å². The predicted octanol–water partition coefficient (Wildman–Crippen LogP) is 5.45. The van der Waals surface area contributed by atoms with Gasteiger partial charge in [-0.05, 0) is 37.1 Å². The maximum absolute atomic E-state index is 10.5. The first-order chi connectivity index (χ1) is 14.1. The number of hydrogen-bond acceptors (Lipinski definition) is 6. The number of carbonyl (C=O) groups is 1. The third-order valence-electron chi connectivity index (χ3n) is 3.04. The summed E-state index contributed by atoms with van der Waals surface area (Å²) in [6.45, 7) is 13.9. The average molecular weight is 426 g/mol. The van der Waals surface area contributed by atoms with Gasteiger partial charge in [0.2, 0.25) is 0 Å². The minimum absolute atomic E-state index is 0.357. The number of rotatable bonds is 9. The van der Waals surface area contributed by atoms with Gasteiger partial charge in [0.25, 0.3) is 0 Å². The second-order valence-corrected chi connectivity index (χ2v) is 6.49. The summed E-state index contributed by atoms with van der Waals surface area (Å²) in [7, 11) is 0. The van der Waals surface area contributed by atoms with Crippen molar-refractivity contribution in [3.05, 3.63) is 41.4 Å². The van der Waals surface area contributed by atoms with Gasteiger partial charge in [-0.15, -0.1) is 11.3 Å². The molecule has 0 saturated carbocycles. The van der Waals surface area contributed by atoms with Crippen molar-refractivity contribution in [1.29, 1.82) is 0 Å². The molecular weight excluding hydrogens is 386 g/mol. The Morgan fingerprint density at radius 2 is 1.86 bits per heavy atom. The first kappa shape index (κ1) is 29.1. The number of ether oxygens (including phenoxy) is 1. The molecule has 2 aromatic rings. The van der Waals surface area contributed by atoms with Crippen LogP contribution in [0.3, 0.4) is 0 Å². The van der Waals surface area contributed by atoms with E-state index < -0.39 is 12.0 Å². The quantitative estimate of drug-likeness (QED) is 0.494. The molecule has 0 aromatic carbocycles. The lowest BCUT2D eigenvalue weighted by Crippen LogP contribution is -2.31. The van der Waals surface area contributed by atoms with Crippen molar-refractivity contribution in [1.82, 2.24) is 4.98 Å². The van der Waals surface area contributed by atoms with Gasteiger partial charge in [0.05, 0.1) is 6.61 Å². The van der Waals surface area contributed by atoms with Gasteiger partial charge in [-0.1, -0.05) is 47.6 Å². The van der Waals surface area contributed by atoms with Gasteiger partial charge in [0, 0.05) is 24.0 Å². The van der Waals surface area contributed by atoms with Crippen LogP contribution in [0.5, 0.6) is 5.06 Å². The maximum Gasteiger partial charge on any atom is 0.320 e. The van der Waals surface area contributed by atoms with Crippen LogP contribution < -0.4 is 15.8 Å². The molecule has 0 radical (unpaired) electrons. The lowest BCUT2D eigenvalue weighted by molar-refractivity contribution is -0.138. The van der Waals surface area contributed by atoms with Gasteiger partial charge in [-0.2, -0.15) is 0 Å². The number of aromatic nitrogens is 1. The number of pyridine rings is 1. The number of nitrogens with two attached hydrogens (primary N) is 1. The first-order valence-electron chi connectivity index (χ1n) is 10.4. The number of nitrogens with one attached hydrogen (secondary N) is 1. The topological polar surface area (TPSA) is 97.5 Å². The Hall–Kier alpha value is -2.12. The molecule has 0 unspecified atom stereocenters. The zero-order valence-electron chi connectivity index (χ0n) is 18.8. The standard InChI is InChI=1S/C10H15NO3S.C8H12N2.2C2H6/c1-2-5-14-9-4-3-7(15-9)6-8(11)10(12)13;1-2-6-9-8-5-3-4-7-10-8;2*1-2/h3-4,8H,2,5-6,11H2,1H3,(H,12,13);3-5,7H,2,6H2,1H3,(H,9,10);2*1-2H3/t8-;;;/m0.../s1. The molecule has 0 fully saturated rings. The van der Waals surface area contributed by atoms with E-state index in [4.69, 9.17) is 15.6 Å². The van der Waals surface area contributed by atoms with E-state index in [0.29, 0.717) is 13.0 Å². The highest BCUT2D eigenvalue weighted by molar-refractivity contribution is 7.13. The Labute approximate surface area is 180 Å². The van der Waals surface area contributed by atoms with Crippen LogP contribution in [0, 0.1) is 0 Å². The summed E-state index contributed by atoms with van der Waals surface area (Å²) in [5.74, 6) is -0.0104. The molecule has 7 heteroatoms. The van der Waals surface area contributed by atoms with Gasteiger partial charge < -0.3 is 20.9 Å². The largest absolute Gasteiger partial charge is 0.484 e. The molecule has 29 heavy (non-hydrogen) atoms. The number of aliphatic carboxylic acids is 1. The smallest absolute Gasteiger partial charge is 0.320 e. The normalized spacial score (nSPS) is 10.0. The van der Waals surface area contributed by atoms with E-state index in [2.05, 4.69) is 17.2 Å². The fraction of sp³-hybridized carbons (Fsp3) is 0.545. The summed E-state index contributed by atoms with van der Waals surface area (Å²) in [5.41, 5.74) is 5.42. The number of hydrogen-bond donors (Lipinski definition) is 3. The van der Waals surface area contributed by atoms with E-state index >= 15 is 0 Å². The average Bonchev–Trinajstić information content (AvgIpc) is 3.22. The minimum atomic E-state index is -0.973. The summed E-state index contributed by atoms with van der Waals surface area (Å²) in [5, 5.41) is 12.6. The minimum Gasteiger partial charge on any atom is -0.484 e. The summed E-state index contributed by atoms with van der Waals surface area (Å²) < 4.78 is 5.41. The second-order valence-electron chi connectivity index (χ2n) is 5.36. The third kappa shape index (κ3) is 15.5. The van der Waals surface area contributed by atoms with E-state index in [1.54, 1.807) is 6.20 Å². The van der Waals surface area contributed by atoms with Gasteiger partial charge in [0.15, 0.2) is 5.06 Å². The summed E-state index contributed by atoms with van der Waals surface area (Å²) in [6, 6.07) is 8.74. The molecule has 0 spiro atoms. The fourth-order valence-electron chi connectivity index (χ4n) is 1.77. The van der Waals surface area contributed by atoms with Crippen molar-refractivity contribution in [3.63, 3.8) is 0 Å². The molecule has 6 nitrogen and oxygen atoms in total. The zero-order valence-corrected chi connectivity index (χ0v) is 19.6. The molecule has 0 aliphatic carbocycles. The fourth-order valence-corrected chi connectivity index (χ4v) is 2.71. The molecule has 0 bridgehead atoms. The van der Waals surface area contributed by atoms with Crippen LogP contribution in [-0.2, 0) is 11.2 Å². The Morgan fingerprint density at radius 1 is 1.17 bits per heavy atom. The first-order valence-corrected chi connectivity index (χ1v) is 11.2. The Morgan fingerprint density at radius 3 is 2.38 bits per heavy atom. The van der Waals surface area contributed by atoms with Crippen LogP contribution in [0.4, 0.5) is 5.82 Å². The lowest BCUT2D eigenvalue weighted by atomic mass is 10.2. The highest BCUT2D eigenvalue weighted by Gasteiger charge is 2.13. The Kier molecular flexibility index (Phi) is 20.7. The van der Waals surface area contributed by atoms with Crippen molar-refractivity contribution in [2.24, 2.45) is 5.73 Å². The third-order valence-corrected chi connectivity index (χ3v) is 4.06. The van der Waals surface area contributed by atoms with Crippen LogP contribution in [0.25, 0.3) is 0 Å². The van der Waals surface area contributed by atoms with Gasteiger partial charge in [0.1, 0.15) is 11.9 Å². The van der Waals surface area contributed by atoms with Crippen molar-refractivity contribution in [2.75, 3.05) is 18.5 Å². The van der Waals surface area contributed by atoms with Crippen molar-refractivity contribution < 1.29 is 14.6 Å². The van der Waals surface area contributed by atoms with E-state index in [9.17, 15) is 4.79 Å². The number of nitrogens with zero attached hydrogens (tertiary/aromatic N) is 1. The summed E-state index contributed by atoms with van der Waals surface area (Å²) >= 11 is 1.45. The summed E-state index contributed by atoms with van der Waals surface area (Å²) in [4.78, 5) is 15.6. The second kappa shape index (κ2) is 20.6. The van der Waals surface area contributed by atoms with E-state index in [1.165, 1.54) is 11.3 Å². The van der Waals surface area contributed by atoms with Crippen molar-refractivity contribution in [2.45, 2.75) is 66.8 Å². The molecule has 0 saturated heterocycles. The molecule has 2 heterocycles. The molecule has 0 amide bonds. The molecule has 4 N–H and O–H groups in total. The molecule has 2 rings (SSSR count). The van der Waals surface area contributed by atoms with Crippen LogP contribution >= 0.6 is 11.3 Å². The number of thiophene rings is 1. The zero-order chi connectivity index (χ0) is 22.5. The Bertz CT molecular complexity index is 606. The number of carboxylic acids is 1. The summed E-state index contributed by atoms with van der Waals surface area (Å²) in [6.07, 6.45) is 4.24. The SMILES string of the molecule is CC.CC.CCCNc1ccccn1.CCCOc1ccc(C[C@H](N)C(=O)O)s1. The molecule has 2 aromatic heterocycles. The molecular formula is C22H39N3O3S. The highest BCUT2D eigenvalue weighted by atomic mass is 32.1. The highest BCUT2D eigenvalue weighted by Crippen LogP contribution is 2.25. The van der Waals surface area contributed by atoms with E-state index in [1.807, 2.05) is 65.0 Å². The van der Waals surface area contributed by atoms with Gasteiger partial charge in [-0.3, -0.25) is 4.79 Å². The van der Waals surface area contributed by atoms with Gasteiger partial charge in [-0.25, -0.2) is 4.98 Å². The van der Waals surface area contributed by atoms with Crippen LogP contribution in [0.2, 0.25) is 0 Å². The van der Waals surface area contributed by atoms with Crippen LogP contribution in [0.1, 0.15) is 59.3 Å². The number of carboxylic acid groups (broad SMARTS) is 1. The van der Waals surface area contributed by atoms with E-state index in [0.717, 1.165) is 35.1 Å². The predicted molar refractivity (Wildman–Crippen MR) is 125 cm³/mol. The van der Waals surface area contributed by atoms with Crippen molar-refractivity contribution in [3.8, 4) is 5.06 Å². The lowest BCUT2D eigenvalue weighted by Gasteiger charge is -2.03. The molecule has 166 valence electrons. The van der Waals surface area contributed by atoms with Crippen LogP contribution in [-0.4, -0.2) is 35.3 Å².